The number of aliphatic carboxylic acids is 1. The lowest BCUT2D eigenvalue weighted by molar-refractivity contribution is -0.140. The molecule has 2 N–H and O–H groups in total. The average Bonchev–Trinajstić information content (AvgIpc) is 2.79. The van der Waals surface area contributed by atoms with Gasteiger partial charge in [-0.1, -0.05) is 13.8 Å². The highest BCUT2D eigenvalue weighted by Crippen LogP contribution is 2.33. The number of sulfonamides is 1. The van der Waals surface area contributed by atoms with E-state index in [2.05, 4.69) is 4.72 Å². The summed E-state index contributed by atoms with van der Waals surface area (Å²) in [6.07, 6.45) is 0.560. The van der Waals surface area contributed by atoms with Crippen molar-refractivity contribution in [3.8, 4) is 0 Å². The highest BCUT2D eigenvalue weighted by atomic mass is 32.2. The molecule has 1 aromatic carbocycles. The topological polar surface area (TPSA) is 104 Å². The number of carboxylic acid groups (broad SMARTS) is 1. The van der Waals surface area contributed by atoms with Crippen LogP contribution in [-0.2, 0) is 26.0 Å². The third-order valence-electron chi connectivity index (χ3n) is 4.13. The third-order valence-corrected chi connectivity index (χ3v) is 5.57. The van der Waals surface area contributed by atoms with Gasteiger partial charge in [0.15, 0.2) is 0 Å². The summed E-state index contributed by atoms with van der Waals surface area (Å²) in [6.45, 7) is 6.64. The normalized spacial score (nSPS) is 18.5. The summed E-state index contributed by atoms with van der Waals surface area (Å²) in [4.78, 5) is 24.6. The van der Waals surface area contributed by atoms with Gasteiger partial charge < -0.3 is 10.0 Å². The molecular formula is C16H22N2O5S. The van der Waals surface area contributed by atoms with E-state index in [4.69, 9.17) is 5.11 Å². The van der Waals surface area contributed by atoms with Crippen molar-refractivity contribution in [1.29, 1.82) is 0 Å². The molecule has 2 atom stereocenters. The fourth-order valence-corrected chi connectivity index (χ4v) is 4.35. The van der Waals surface area contributed by atoms with Gasteiger partial charge in [0.25, 0.3) is 0 Å². The fourth-order valence-electron chi connectivity index (χ4n) is 2.96. The minimum atomic E-state index is -3.96. The van der Waals surface area contributed by atoms with Gasteiger partial charge in [-0.25, -0.2) is 8.42 Å². The Morgan fingerprint density at radius 1 is 1.33 bits per heavy atom. The van der Waals surface area contributed by atoms with Crippen molar-refractivity contribution in [2.24, 2.45) is 5.92 Å². The van der Waals surface area contributed by atoms with Crippen LogP contribution < -0.4 is 9.62 Å². The predicted molar refractivity (Wildman–Crippen MR) is 89.4 cm³/mol. The van der Waals surface area contributed by atoms with E-state index < -0.39 is 22.0 Å². The number of nitrogens with zero attached hydrogens (tertiary/aromatic N) is 1. The lowest BCUT2D eigenvalue weighted by Crippen LogP contribution is -2.44. The molecule has 0 fully saturated rings. The predicted octanol–water partition coefficient (Wildman–Crippen LogP) is 1.37. The van der Waals surface area contributed by atoms with Crippen molar-refractivity contribution in [3.63, 3.8) is 0 Å². The molecule has 0 radical (unpaired) electrons. The van der Waals surface area contributed by atoms with Crippen molar-refractivity contribution < 1.29 is 23.1 Å². The van der Waals surface area contributed by atoms with E-state index in [1.54, 1.807) is 24.8 Å². The Kier molecular flexibility index (Phi) is 5.00. The van der Waals surface area contributed by atoms with E-state index in [-0.39, 0.29) is 22.8 Å². The summed E-state index contributed by atoms with van der Waals surface area (Å²) in [6, 6.07) is 3.27. The summed E-state index contributed by atoms with van der Waals surface area (Å²) in [5.41, 5.74) is 1.46. The Morgan fingerprint density at radius 3 is 2.46 bits per heavy atom. The van der Waals surface area contributed by atoms with Crippen molar-refractivity contribution in [1.82, 2.24) is 4.72 Å². The Labute approximate surface area is 141 Å². The number of carboxylic acids is 1. The zero-order valence-corrected chi connectivity index (χ0v) is 14.9. The fraction of sp³-hybridized carbons (Fsp3) is 0.500. The molecule has 0 saturated heterocycles. The number of carbonyl (C=O) groups is 2. The molecule has 0 bridgehead atoms. The number of amides is 1. The number of benzene rings is 1. The first-order chi connectivity index (χ1) is 11.0. The van der Waals surface area contributed by atoms with Gasteiger partial charge in [0.2, 0.25) is 15.9 Å². The smallest absolute Gasteiger partial charge is 0.322 e. The molecule has 132 valence electrons. The highest BCUT2D eigenvalue weighted by molar-refractivity contribution is 7.89. The third kappa shape index (κ3) is 3.44. The van der Waals surface area contributed by atoms with Crippen LogP contribution in [0.3, 0.4) is 0 Å². The summed E-state index contributed by atoms with van der Waals surface area (Å²) >= 11 is 0. The maximum atomic E-state index is 12.5. The summed E-state index contributed by atoms with van der Waals surface area (Å²) in [7, 11) is -3.96. The van der Waals surface area contributed by atoms with Gasteiger partial charge in [-0.05, 0) is 43.0 Å². The highest BCUT2D eigenvalue weighted by Gasteiger charge is 2.32. The van der Waals surface area contributed by atoms with Crippen LogP contribution in [0, 0.1) is 5.92 Å². The van der Waals surface area contributed by atoms with Gasteiger partial charge in [-0.2, -0.15) is 4.72 Å². The second-order valence-corrected chi connectivity index (χ2v) is 8.13. The maximum absolute atomic E-state index is 12.5. The van der Waals surface area contributed by atoms with Crippen LogP contribution in [0.2, 0.25) is 0 Å². The SMILES string of the molecule is CC(=O)N1c2ccc(S(=O)(=O)N[C@@H](C(=O)O)C(C)C)cc2CC1C. The molecule has 1 aliphatic heterocycles. The zero-order valence-electron chi connectivity index (χ0n) is 14.1. The van der Waals surface area contributed by atoms with E-state index >= 15 is 0 Å². The van der Waals surface area contributed by atoms with Crippen molar-refractivity contribution in [2.45, 2.75) is 51.1 Å². The number of fused-ring (bicyclic) bond motifs is 1. The van der Waals surface area contributed by atoms with Crippen LogP contribution in [0.15, 0.2) is 23.1 Å². The number of carbonyl (C=O) groups excluding carboxylic acids is 1. The molecule has 0 spiro atoms. The Morgan fingerprint density at radius 2 is 1.96 bits per heavy atom. The van der Waals surface area contributed by atoms with Gasteiger partial charge >= 0.3 is 5.97 Å². The molecular weight excluding hydrogens is 332 g/mol. The first kappa shape index (κ1) is 18.4. The molecule has 0 aliphatic carbocycles. The maximum Gasteiger partial charge on any atom is 0.322 e. The second-order valence-electron chi connectivity index (χ2n) is 6.41. The van der Waals surface area contributed by atoms with Crippen LogP contribution in [0.5, 0.6) is 0 Å². The van der Waals surface area contributed by atoms with E-state index in [0.717, 1.165) is 5.56 Å². The van der Waals surface area contributed by atoms with Gasteiger partial charge in [0, 0.05) is 18.7 Å². The summed E-state index contributed by atoms with van der Waals surface area (Å²) in [5.74, 6) is -1.70. The van der Waals surface area contributed by atoms with Crippen LogP contribution in [0.25, 0.3) is 0 Å². The summed E-state index contributed by atoms with van der Waals surface area (Å²) < 4.78 is 27.2. The van der Waals surface area contributed by atoms with E-state index in [0.29, 0.717) is 12.1 Å². The molecule has 1 aliphatic rings. The minimum Gasteiger partial charge on any atom is -0.480 e. The quantitative estimate of drug-likeness (QED) is 0.831. The average molecular weight is 354 g/mol. The van der Waals surface area contributed by atoms with Gasteiger partial charge in [-0.15, -0.1) is 0 Å². The monoisotopic (exact) mass is 354 g/mol. The molecule has 1 unspecified atom stereocenters. The van der Waals surface area contributed by atoms with Crippen molar-refractivity contribution in [3.05, 3.63) is 23.8 Å². The number of nitrogens with one attached hydrogen (secondary N) is 1. The number of hydrogen-bond acceptors (Lipinski definition) is 4. The standard InChI is InChI=1S/C16H22N2O5S/c1-9(2)15(16(20)21)17-24(22,23)13-5-6-14-12(8-13)7-10(3)18(14)11(4)19/h5-6,8-10,15,17H,7H2,1-4H3,(H,20,21)/t10?,15-/m1/s1. The molecule has 1 heterocycles. The first-order valence-electron chi connectivity index (χ1n) is 7.72. The van der Waals surface area contributed by atoms with Gasteiger partial charge in [0.05, 0.1) is 4.90 Å². The largest absolute Gasteiger partial charge is 0.480 e. The summed E-state index contributed by atoms with van der Waals surface area (Å²) in [5, 5.41) is 9.17. The van der Waals surface area contributed by atoms with Crippen LogP contribution >= 0.6 is 0 Å². The van der Waals surface area contributed by atoms with Crippen molar-refractivity contribution in [2.75, 3.05) is 4.90 Å². The molecule has 7 nitrogen and oxygen atoms in total. The van der Waals surface area contributed by atoms with Crippen LogP contribution in [-0.4, -0.2) is 37.5 Å². The minimum absolute atomic E-state index is 0.00533. The number of anilines is 1. The van der Waals surface area contributed by atoms with Crippen molar-refractivity contribution >= 4 is 27.6 Å². The lowest BCUT2D eigenvalue weighted by atomic mass is 10.1. The van der Waals surface area contributed by atoms with Gasteiger partial charge in [-0.3, -0.25) is 9.59 Å². The second kappa shape index (κ2) is 6.52. The molecule has 0 aromatic heterocycles. The Bertz CT molecular complexity index is 773. The molecule has 0 saturated carbocycles. The zero-order chi connectivity index (χ0) is 18.2. The molecule has 1 aromatic rings. The first-order valence-corrected chi connectivity index (χ1v) is 9.20. The Balaban J connectivity index is 2.36. The Hall–Kier alpha value is -1.93. The van der Waals surface area contributed by atoms with Crippen LogP contribution in [0.1, 0.15) is 33.3 Å². The number of hydrogen-bond donors (Lipinski definition) is 2. The van der Waals surface area contributed by atoms with Crippen LogP contribution in [0.4, 0.5) is 5.69 Å². The van der Waals surface area contributed by atoms with E-state index in [9.17, 15) is 18.0 Å². The van der Waals surface area contributed by atoms with Gasteiger partial charge in [0.1, 0.15) is 6.04 Å². The molecule has 24 heavy (non-hydrogen) atoms. The molecule has 1 amide bonds. The number of rotatable bonds is 5. The van der Waals surface area contributed by atoms with E-state index in [1.165, 1.54) is 19.1 Å². The molecule has 8 heteroatoms. The molecule has 2 rings (SSSR count). The lowest BCUT2D eigenvalue weighted by Gasteiger charge is -2.21. The van der Waals surface area contributed by atoms with E-state index in [1.807, 2.05) is 6.92 Å².